The van der Waals surface area contributed by atoms with Crippen LogP contribution in [-0.2, 0) is 23.1 Å². The Bertz CT molecular complexity index is 1420. The second kappa shape index (κ2) is 7.44. The monoisotopic (exact) mass is 418 g/mol. The minimum Gasteiger partial charge on any atom is -0.464 e. The number of hydrogen-bond acceptors (Lipinski definition) is 5. The van der Waals surface area contributed by atoms with Crippen LogP contribution in [0, 0.1) is 0 Å². The molecule has 150 valence electrons. The van der Waals surface area contributed by atoms with Crippen molar-refractivity contribution in [1.82, 2.24) is 9.29 Å². The molecule has 0 unspecified atom stereocenters. The Hall–Kier alpha value is -3.42. The van der Waals surface area contributed by atoms with Crippen LogP contribution in [0.15, 0.2) is 99.3 Å². The third-order valence-corrected chi connectivity index (χ3v) is 6.83. The van der Waals surface area contributed by atoms with Crippen LogP contribution in [0.5, 0.6) is 0 Å². The number of rotatable bonds is 6. The first kappa shape index (κ1) is 18.6. The highest BCUT2D eigenvalue weighted by molar-refractivity contribution is 7.89. The number of furan rings is 2. The van der Waals surface area contributed by atoms with E-state index >= 15 is 0 Å². The molecule has 3 heterocycles. The van der Waals surface area contributed by atoms with Gasteiger partial charge in [-0.15, -0.1) is 0 Å². The topological polar surface area (TPSA) is 76.6 Å². The van der Waals surface area contributed by atoms with Crippen LogP contribution in [0.25, 0.3) is 21.9 Å². The predicted octanol–water partition coefficient (Wildman–Crippen LogP) is 4.97. The highest BCUT2D eigenvalue weighted by Crippen LogP contribution is 2.26. The second-order valence-corrected chi connectivity index (χ2v) is 8.98. The molecular weight excluding hydrogens is 400 g/mol. The third kappa shape index (κ3) is 3.49. The number of benzene rings is 2. The zero-order chi connectivity index (χ0) is 20.6. The molecular formula is C23H18N2O4S. The standard InChI is InChI=1S/C23H18N2O4S/c26-30(27,21-2-4-23-20(14-21)8-12-29-23)25(15-17-5-9-24-10-6-17)16-18-1-3-22-19(13-18)7-11-28-22/h1-14H,15-16H2. The molecule has 0 saturated heterocycles. The molecule has 0 fully saturated rings. The summed E-state index contributed by atoms with van der Waals surface area (Å²) in [5.41, 5.74) is 3.17. The minimum atomic E-state index is -3.76. The van der Waals surface area contributed by atoms with E-state index < -0.39 is 10.0 Å². The van der Waals surface area contributed by atoms with Crippen molar-refractivity contribution in [2.24, 2.45) is 0 Å². The van der Waals surface area contributed by atoms with Crippen molar-refractivity contribution in [2.45, 2.75) is 18.0 Å². The number of aromatic nitrogens is 1. The molecule has 5 rings (SSSR count). The summed E-state index contributed by atoms with van der Waals surface area (Å²) in [6.45, 7) is 0.465. The Morgan fingerprint density at radius 2 is 1.37 bits per heavy atom. The molecule has 0 aliphatic carbocycles. The van der Waals surface area contributed by atoms with E-state index in [0.29, 0.717) is 5.58 Å². The van der Waals surface area contributed by atoms with Crippen molar-refractivity contribution in [3.8, 4) is 0 Å². The summed E-state index contributed by atoms with van der Waals surface area (Å²) in [6, 6.07) is 17.9. The van der Waals surface area contributed by atoms with Gasteiger partial charge in [0.2, 0.25) is 10.0 Å². The highest BCUT2D eigenvalue weighted by atomic mass is 32.2. The molecule has 3 aromatic heterocycles. The van der Waals surface area contributed by atoms with Gasteiger partial charge in [-0.25, -0.2) is 8.42 Å². The maximum absolute atomic E-state index is 13.6. The van der Waals surface area contributed by atoms with Gasteiger partial charge in [-0.3, -0.25) is 4.98 Å². The summed E-state index contributed by atoms with van der Waals surface area (Å²) in [6.07, 6.45) is 6.50. The Morgan fingerprint density at radius 1 is 0.733 bits per heavy atom. The largest absolute Gasteiger partial charge is 0.464 e. The van der Waals surface area contributed by atoms with Crippen LogP contribution in [0.2, 0.25) is 0 Å². The average molecular weight is 418 g/mol. The summed E-state index contributed by atoms with van der Waals surface area (Å²) in [5, 5.41) is 1.69. The fourth-order valence-corrected chi connectivity index (χ4v) is 4.94. The maximum atomic E-state index is 13.6. The van der Waals surface area contributed by atoms with Crippen molar-refractivity contribution >= 4 is 32.0 Å². The lowest BCUT2D eigenvalue weighted by molar-refractivity contribution is 0.401. The summed E-state index contributed by atoms with van der Waals surface area (Å²) in [5.74, 6) is 0. The SMILES string of the molecule is O=S(=O)(c1ccc2occc2c1)N(Cc1ccncc1)Cc1ccc2occc2c1. The Labute approximate surface area is 173 Å². The molecule has 30 heavy (non-hydrogen) atoms. The third-order valence-electron chi connectivity index (χ3n) is 5.05. The van der Waals surface area contributed by atoms with Crippen LogP contribution < -0.4 is 0 Å². The fraction of sp³-hybridized carbons (Fsp3) is 0.0870. The van der Waals surface area contributed by atoms with Gasteiger partial charge >= 0.3 is 0 Å². The summed E-state index contributed by atoms with van der Waals surface area (Å²) in [4.78, 5) is 4.26. The smallest absolute Gasteiger partial charge is 0.243 e. The zero-order valence-corrected chi connectivity index (χ0v) is 16.7. The number of sulfonamides is 1. The number of nitrogens with zero attached hydrogens (tertiary/aromatic N) is 2. The first-order valence-electron chi connectivity index (χ1n) is 9.42. The van der Waals surface area contributed by atoms with Gasteiger partial charge in [-0.1, -0.05) is 6.07 Å². The molecule has 0 radical (unpaired) electrons. The summed E-state index contributed by atoms with van der Waals surface area (Å²) >= 11 is 0. The van der Waals surface area contributed by atoms with Crippen LogP contribution in [0.4, 0.5) is 0 Å². The van der Waals surface area contributed by atoms with E-state index in [9.17, 15) is 8.42 Å². The predicted molar refractivity (Wildman–Crippen MR) is 113 cm³/mol. The number of hydrogen-bond donors (Lipinski definition) is 0. The van der Waals surface area contributed by atoms with Crippen molar-refractivity contribution in [3.05, 3.63) is 96.7 Å². The van der Waals surface area contributed by atoms with E-state index in [4.69, 9.17) is 8.83 Å². The normalized spacial score (nSPS) is 12.2. The van der Waals surface area contributed by atoms with Gasteiger partial charge in [-0.05, 0) is 65.7 Å². The molecule has 0 aliphatic heterocycles. The van der Waals surface area contributed by atoms with Gasteiger partial charge in [0, 0.05) is 36.3 Å². The number of pyridine rings is 1. The van der Waals surface area contributed by atoms with Gasteiger partial charge < -0.3 is 8.83 Å². The number of fused-ring (bicyclic) bond motifs is 2. The van der Waals surface area contributed by atoms with E-state index in [-0.39, 0.29) is 18.0 Å². The lowest BCUT2D eigenvalue weighted by atomic mass is 10.1. The first-order valence-corrected chi connectivity index (χ1v) is 10.9. The molecule has 0 N–H and O–H groups in total. The molecule has 6 nitrogen and oxygen atoms in total. The van der Waals surface area contributed by atoms with Gasteiger partial charge in [0.15, 0.2) is 0 Å². The summed E-state index contributed by atoms with van der Waals surface area (Å²) in [7, 11) is -3.76. The fourth-order valence-electron chi connectivity index (χ4n) is 3.49. The van der Waals surface area contributed by atoms with Crippen molar-refractivity contribution in [1.29, 1.82) is 0 Å². The Kier molecular flexibility index (Phi) is 4.61. The van der Waals surface area contributed by atoms with Crippen LogP contribution in [0.3, 0.4) is 0 Å². The van der Waals surface area contributed by atoms with Gasteiger partial charge in [0.1, 0.15) is 11.2 Å². The lowest BCUT2D eigenvalue weighted by Gasteiger charge is -2.22. The molecule has 0 amide bonds. The molecule has 0 aliphatic rings. The van der Waals surface area contributed by atoms with Gasteiger partial charge in [0.05, 0.1) is 17.4 Å². The van der Waals surface area contributed by atoms with Crippen LogP contribution in [0.1, 0.15) is 11.1 Å². The van der Waals surface area contributed by atoms with E-state index in [1.807, 2.05) is 36.4 Å². The van der Waals surface area contributed by atoms with E-state index in [1.54, 1.807) is 49.2 Å². The molecule has 5 aromatic rings. The van der Waals surface area contributed by atoms with E-state index in [2.05, 4.69) is 4.98 Å². The van der Waals surface area contributed by atoms with Crippen molar-refractivity contribution < 1.29 is 17.3 Å². The zero-order valence-electron chi connectivity index (χ0n) is 15.9. The molecule has 2 aromatic carbocycles. The maximum Gasteiger partial charge on any atom is 0.243 e. The Balaban J connectivity index is 1.54. The second-order valence-electron chi connectivity index (χ2n) is 7.04. The summed E-state index contributed by atoms with van der Waals surface area (Å²) < 4.78 is 39.4. The highest BCUT2D eigenvalue weighted by Gasteiger charge is 2.25. The van der Waals surface area contributed by atoms with Crippen LogP contribution >= 0.6 is 0 Å². The van der Waals surface area contributed by atoms with E-state index in [0.717, 1.165) is 27.5 Å². The quantitative estimate of drug-likeness (QED) is 0.389. The lowest BCUT2D eigenvalue weighted by Crippen LogP contribution is -2.30. The minimum absolute atomic E-state index is 0.231. The molecule has 7 heteroatoms. The van der Waals surface area contributed by atoms with Crippen molar-refractivity contribution in [3.63, 3.8) is 0 Å². The molecule has 0 spiro atoms. The van der Waals surface area contributed by atoms with Gasteiger partial charge in [0.25, 0.3) is 0 Å². The molecule has 0 atom stereocenters. The van der Waals surface area contributed by atoms with Crippen LogP contribution in [-0.4, -0.2) is 17.7 Å². The Morgan fingerprint density at radius 3 is 2.10 bits per heavy atom. The molecule has 0 bridgehead atoms. The average Bonchev–Trinajstić information content (AvgIpc) is 3.42. The van der Waals surface area contributed by atoms with Crippen molar-refractivity contribution in [2.75, 3.05) is 0 Å². The molecule has 0 saturated carbocycles. The van der Waals surface area contributed by atoms with E-state index in [1.165, 1.54) is 4.31 Å². The van der Waals surface area contributed by atoms with Gasteiger partial charge in [-0.2, -0.15) is 4.31 Å². The first-order chi connectivity index (χ1) is 14.6.